The van der Waals surface area contributed by atoms with Crippen molar-refractivity contribution >= 4 is 66.4 Å². The summed E-state index contributed by atoms with van der Waals surface area (Å²) < 4.78 is 2.56. The van der Waals surface area contributed by atoms with Gasteiger partial charge < -0.3 is 9.47 Å². The number of aromatic nitrogens is 1. The van der Waals surface area contributed by atoms with Crippen LogP contribution in [0.2, 0.25) is 0 Å². The van der Waals surface area contributed by atoms with Crippen molar-refractivity contribution in [3.8, 4) is 39.1 Å². The normalized spacial score (nSPS) is 12.3. The van der Waals surface area contributed by atoms with E-state index in [2.05, 4.69) is 240 Å². The highest BCUT2D eigenvalue weighted by molar-refractivity contribution is 6.12. The second-order valence-electron chi connectivity index (χ2n) is 16.3. The second-order valence-corrected chi connectivity index (χ2v) is 16.3. The van der Waals surface area contributed by atoms with E-state index in [0.717, 1.165) is 29.9 Å². The predicted octanol–water partition coefficient (Wildman–Crippen LogP) is 16.5. The van der Waals surface area contributed by atoms with Gasteiger partial charge in [0.2, 0.25) is 0 Å². The Kier molecular flexibility index (Phi) is 8.67. The Balaban J connectivity index is 1.02. The first-order valence-corrected chi connectivity index (χ1v) is 21.7. The molecule has 0 atom stereocenters. The van der Waals surface area contributed by atoms with Crippen molar-refractivity contribution in [2.75, 3.05) is 4.90 Å². The standard InChI is InChI=1S/C60H42N2/c1-2-15-41(16-3-1)42-29-34-46(35-30-42)61(59-40-39-53(52-23-8-9-24-54(52)59)51-26-14-19-43-17-4-6-20-48(43)51)47-36-31-45(32-37-47)49-21-10-12-27-57(49)62-58-28-13-11-25-55(58)56-38-33-44-18-5-7-22-50(44)60(56)62/h1-12,14-27,29-40H,13,28H2. The van der Waals surface area contributed by atoms with Gasteiger partial charge in [-0.3, -0.25) is 0 Å². The van der Waals surface area contributed by atoms with Gasteiger partial charge in [0.25, 0.3) is 0 Å². The summed E-state index contributed by atoms with van der Waals surface area (Å²) in [6.45, 7) is 0. The van der Waals surface area contributed by atoms with Crippen LogP contribution in [0.4, 0.5) is 17.1 Å². The van der Waals surface area contributed by atoms with E-state index in [9.17, 15) is 0 Å². The van der Waals surface area contributed by atoms with Crippen LogP contribution in [-0.2, 0) is 6.42 Å². The third-order valence-electron chi connectivity index (χ3n) is 12.9. The van der Waals surface area contributed by atoms with Gasteiger partial charge in [0.05, 0.1) is 16.9 Å². The zero-order chi connectivity index (χ0) is 41.0. The van der Waals surface area contributed by atoms with E-state index in [0.29, 0.717) is 0 Å². The molecule has 0 radical (unpaired) electrons. The summed E-state index contributed by atoms with van der Waals surface area (Å²) in [6, 6.07) is 80.0. The highest BCUT2D eigenvalue weighted by atomic mass is 15.1. The molecule has 1 aliphatic carbocycles. The third-order valence-corrected chi connectivity index (χ3v) is 12.9. The molecule has 10 aromatic carbocycles. The predicted molar refractivity (Wildman–Crippen MR) is 264 cm³/mol. The van der Waals surface area contributed by atoms with Crippen LogP contribution < -0.4 is 4.90 Å². The number of fused-ring (bicyclic) bond motifs is 7. The summed E-state index contributed by atoms with van der Waals surface area (Å²) in [5, 5.41) is 8.78. The molecule has 1 aromatic heterocycles. The Morgan fingerprint density at radius 3 is 1.74 bits per heavy atom. The van der Waals surface area contributed by atoms with Gasteiger partial charge in [0.1, 0.15) is 0 Å². The van der Waals surface area contributed by atoms with Crippen LogP contribution in [0.15, 0.2) is 224 Å². The van der Waals surface area contributed by atoms with Crippen molar-refractivity contribution in [2.45, 2.75) is 12.8 Å². The van der Waals surface area contributed by atoms with Gasteiger partial charge in [0, 0.05) is 44.4 Å². The highest BCUT2D eigenvalue weighted by Crippen LogP contribution is 2.45. The smallest absolute Gasteiger partial charge is 0.0616 e. The molecule has 0 fully saturated rings. The van der Waals surface area contributed by atoms with Crippen molar-refractivity contribution in [2.24, 2.45) is 0 Å². The fraction of sp³-hybridized carbons (Fsp3) is 0.0333. The number of benzene rings is 10. The molecule has 0 bridgehead atoms. The summed E-state index contributed by atoms with van der Waals surface area (Å²) >= 11 is 0. The lowest BCUT2D eigenvalue weighted by Gasteiger charge is -2.28. The van der Waals surface area contributed by atoms with Crippen molar-refractivity contribution in [1.29, 1.82) is 0 Å². The topological polar surface area (TPSA) is 8.17 Å². The van der Waals surface area contributed by atoms with Crippen LogP contribution in [0.5, 0.6) is 0 Å². The van der Waals surface area contributed by atoms with Crippen molar-refractivity contribution in [3.63, 3.8) is 0 Å². The minimum Gasteiger partial charge on any atom is -0.312 e. The van der Waals surface area contributed by atoms with Crippen LogP contribution in [0, 0.1) is 0 Å². The quantitative estimate of drug-likeness (QED) is 0.156. The van der Waals surface area contributed by atoms with E-state index >= 15 is 0 Å². The number of hydrogen-bond acceptors (Lipinski definition) is 1. The molecular weight excluding hydrogens is 749 g/mol. The van der Waals surface area contributed by atoms with Crippen LogP contribution in [0.1, 0.15) is 17.7 Å². The maximum Gasteiger partial charge on any atom is 0.0616 e. The first kappa shape index (κ1) is 36.0. The first-order chi connectivity index (χ1) is 30.8. The molecule has 0 saturated carbocycles. The molecule has 0 amide bonds. The lowest BCUT2D eigenvalue weighted by molar-refractivity contribution is 0.890. The van der Waals surface area contributed by atoms with Crippen molar-refractivity contribution < 1.29 is 0 Å². The van der Waals surface area contributed by atoms with Gasteiger partial charge in [-0.25, -0.2) is 0 Å². The number of rotatable bonds is 7. The van der Waals surface area contributed by atoms with E-state index in [1.54, 1.807) is 0 Å². The number of hydrogen-bond donors (Lipinski definition) is 0. The largest absolute Gasteiger partial charge is 0.312 e. The molecule has 2 heteroatoms. The molecule has 0 unspecified atom stereocenters. The number of allylic oxidation sites excluding steroid dienone is 1. The van der Waals surface area contributed by atoms with E-state index in [-0.39, 0.29) is 0 Å². The average Bonchev–Trinajstić information content (AvgIpc) is 3.69. The Hall–Kier alpha value is -7.94. The van der Waals surface area contributed by atoms with E-state index < -0.39 is 0 Å². The maximum absolute atomic E-state index is 2.56. The van der Waals surface area contributed by atoms with Crippen molar-refractivity contribution in [3.05, 3.63) is 236 Å². The molecule has 2 nitrogen and oxygen atoms in total. The number of para-hydroxylation sites is 1. The second kappa shape index (κ2) is 15.0. The minimum atomic E-state index is 1.01. The van der Waals surface area contributed by atoms with E-state index in [1.807, 2.05) is 0 Å². The molecule has 292 valence electrons. The van der Waals surface area contributed by atoms with Gasteiger partial charge in [-0.05, 0) is 98.6 Å². The van der Waals surface area contributed by atoms with Crippen LogP contribution in [-0.4, -0.2) is 4.57 Å². The first-order valence-electron chi connectivity index (χ1n) is 21.7. The fourth-order valence-electron chi connectivity index (χ4n) is 9.98. The molecule has 0 saturated heterocycles. The summed E-state index contributed by atoms with van der Waals surface area (Å²) in [6.07, 6.45) is 6.71. The number of nitrogens with zero attached hydrogens (tertiary/aromatic N) is 2. The minimum absolute atomic E-state index is 1.01. The highest BCUT2D eigenvalue weighted by Gasteiger charge is 2.23. The molecule has 1 aliphatic rings. The average molecular weight is 791 g/mol. The Morgan fingerprint density at radius 2 is 0.952 bits per heavy atom. The van der Waals surface area contributed by atoms with Crippen LogP contribution in [0.25, 0.3) is 88.4 Å². The third kappa shape index (κ3) is 5.95. The van der Waals surface area contributed by atoms with Crippen LogP contribution >= 0.6 is 0 Å². The Bertz CT molecular complexity index is 3500. The fourth-order valence-corrected chi connectivity index (χ4v) is 9.98. The zero-order valence-electron chi connectivity index (χ0n) is 34.2. The SMILES string of the molecule is C1=Cc2c(n(-c3ccccc3-c3ccc(N(c4ccc(-c5ccccc5)cc4)c4ccc(-c5cccc6ccccc56)c5ccccc45)cc3)c3c2ccc2ccccc23)CC1. The molecular formula is C60H42N2. The van der Waals surface area contributed by atoms with Gasteiger partial charge >= 0.3 is 0 Å². The lowest BCUT2D eigenvalue weighted by atomic mass is 9.93. The van der Waals surface area contributed by atoms with E-state index in [1.165, 1.54) is 93.5 Å². The Labute approximate surface area is 361 Å². The maximum atomic E-state index is 2.56. The van der Waals surface area contributed by atoms with Crippen molar-refractivity contribution in [1.82, 2.24) is 4.57 Å². The monoisotopic (exact) mass is 790 g/mol. The molecule has 0 aliphatic heterocycles. The van der Waals surface area contributed by atoms with Gasteiger partial charge in [0.15, 0.2) is 0 Å². The molecule has 0 N–H and O–H groups in total. The Morgan fingerprint density at radius 1 is 0.371 bits per heavy atom. The summed E-state index contributed by atoms with van der Waals surface area (Å²) in [7, 11) is 0. The zero-order valence-corrected chi connectivity index (χ0v) is 34.2. The molecule has 62 heavy (non-hydrogen) atoms. The molecule has 11 aromatic rings. The summed E-state index contributed by atoms with van der Waals surface area (Å²) in [4.78, 5) is 2.42. The van der Waals surface area contributed by atoms with Gasteiger partial charge in [-0.2, -0.15) is 0 Å². The summed E-state index contributed by atoms with van der Waals surface area (Å²) in [5.41, 5.74) is 15.8. The number of anilines is 3. The molecule has 12 rings (SSSR count). The lowest BCUT2D eigenvalue weighted by Crippen LogP contribution is -2.10. The van der Waals surface area contributed by atoms with Gasteiger partial charge in [-0.1, -0.05) is 194 Å². The van der Waals surface area contributed by atoms with Crippen LogP contribution in [0.3, 0.4) is 0 Å². The summed E-state index contributed by atoms with van der Waals surface area (Å²) in [5.74, 6) is 0. The van der Waals surface area contributed by atoms with Gasteiger partial charge in [-0.15, -0.1) is 0 Å². The molecule has 1 heterocycles. The van der Waals surface area contributed by atoms with E-state index in [4.69, 9.17) is 0 Å². The molecule has 0 spiro atoms.